The molecule has 0 saturated carbocycles. The first-order chi connectivity index (χ1) is 10.9. The second-order valence-electron chi connectivity index (χ2n) is 6.02. The smallest absolute Gasteiger partial charge is 0.357 e. The highest BCUT2D eigenvalue weighted by Crippen LogP contribution is 2.18. The van der Waals surface area contributed by atoms with Crippen molar-refractivity contribution in [1.29, 1.82) is 0 Å². The summed E-state index contributed by atoms with van der Waals surface area (Å²) in [4.78, 5) is 17.2. The van der Waals surface area contributed by atoms with Crippen LogP contribution in [-0.2, 0) is 13.1 Å². The third-order valence-electron chi connectivity index (χ3n) is 4.19. The van der Waals surface area contributed by atoms with Gasteiger partial charge in [0, 0.05) is 12.6 Å². The summed E-state index contributed by atoms with van der Waals surface area (Å²) in [5.41, 5.74) is 3.73. The van der Waals surface area contributed by atoms with E-state index >= 15 is 0 Å². The normalized spacial score (nSPS) is 12.6. The fourth-order valence-electron chi connectivity index (χ4n) is 2.52. The Hall–Kier alpha value is -2.14. The number of aromatic nitrogens is 1. The summed E-state index contributed by atoms with van der Waals surface area (Å²) in [6, 6.07) is 6.79. The van der Waals surface area contributed by atoms with Crippen molar-refractivity contribution in [2.75, 3.05) is 0 Å². The summed E-state index contributed by atoms with van der Waals surface area (Å²) >= 11 is 0. The fraction of sp³-hybridized carbons (Fsp3) is 0.444. The molecule has 2 aromatic rings. The standard InChI is InChI=1S/C18H24N2O3/c1-5-14(4)20(9-15-7-6-12(2)8-13(15)3)10-17-19-16(11-23-17)18(21)22/h6-8,11,14H,5,9-10H2,1-4H3,(H,21,22). The number of carbonyl (C=O) groups is 1. The summed E-state index contributed by atoms with van der Waals surface area (Å²) in [7, 11) is 0. The molecule has 0 fully saturated rings. The number of rotatable bonds is 7. The van der Waals surface area contributed by atoms with Crippen molar-refractivity contribution in [2.24, 2.45) is 0 Å². The predicted molar refractivity (Wildman–Crippen MR) is 88.4 cm³/mol. The number of aromatic carboxylic acids is 1. The number of nitrogens with zero attached hydrogens (tertiary/aromatic N) is 2. The molecular formula is C18H24N2O3. The number of hydrogen-bond acceptors (Lipinski definition) is 4. The molecule has 1 atom stereocenters. The van der Waals surface area contributed by atoms with Gasteiger partial charge in [-0.25, -0.2) is 9.78 Å². The van der Waals surface area contributed by atoms with E-state index in [0.29, 0.717) is 18.5 Å². The molecule has 5 heteroatoms. The number of carboxylic acid groups (broad SMARTS) is 1. The van der Waals surface area contributed by atoms with Crippen LogP contribution in [0.5, 0.6) is 0 Å². The first-order valence-electron chi connectivity index (χ1n) is 7.88. The van der Waals surface area contributed by atoms with Crippen LogP contribution in [0.2, 0.25) is 0 Å². The van der Waals surface area contributed by atoms with Gasteiger partial charge in [-0.05, 0) is 38.3 Å². The number of hydrogen-bond donors (Lipinski definition) is 1. The van der Waals surface area contributed by atoms with Crippen LogP contribution >= 0.6 is 0 Å². The molecule has 0 aliphatic heterocycles. The molecular weight excluding hydrogens is 292 g/mol. The average molecular weight is 316 g/mol. The van der Waals surface area contributed by atoms with Crippen LogP contribution in [0.25, 0.3) is 0 Å². The molecule has 5 nitrogen and oxygen atoms in total. The van der Waals surface area contributed by atoms with Gasteiger partial charge in [-0.1, -0.05) is 30.7 Å². The summed E-state index contributed by atoms with van der Waals surface area (Å²) < 4.78 is 5.30. The Kier molecular flexibility index (Phi) is 5.55. The van der Waals surface area contributed by atoms with Crippen LogP contribution in [0, 0.1) is 13.8 Å². The number of oxazole rings is 1. The lowest BCUT2D eigenvalue weighted by atomic mass is 10.0. The molecule has 0 amide bonds. The average Bonchev–Trinajstić information content (AvgIpc) is 2.97. The Morgan fingerprint density at radius 3 is 2.65 bits per heavy atom. The number of benzene rings is 1. The summed E-state index contributed by atoms with van der Waals surface area (Å²) in [6.07, 6.45) is 2.20. The molecule has 23 heavy (non-hydrogen) atoms. The quantitative estimate of drug-likeness (QED) is 0.842. The Bertz CT molecular complexity index is 679. The topological polar surface area (TPSA) is 66.6 Å². The van der Waals surface area contributed by atoms with Crippen molar-refractivity contribution < 1.29 is 14.3 Å². The maximum atomic E-state index is 10.9. The van der Waals surface area contributed by atoms with E-state index in [1.807, 2.05) is 0 Å². The molecule has 1 heterocycles. The molecule has 1 aromatic heterocycles. The maximum absolute atomic E-state index is 10.9. The minimum Gasteiger partial charge on any atom is -0.476 e. The van der Waals surface area contributed by atoms with Gasteiger partial charge >= 0.3 is 5.97 Å². The van der Waals surface area contributed by atoms with Gasteiger partial charge in [0.05, 0.1) is 6.54 Å². The Morgan fingerprint density at radius 1 is 1.35 bits per heavy atom. The molecule has 0 aliphatic carbocycles. The molecule has 2 rings (SSSR count). The predicted octanol–water partition coefficient (Wildman–Crippen LogP) is 3.79. The van der Waals surface area contributed by atoms with Crippen molar-refractivity contribution in [1.82, 2.24) is 9.88 Å². The lowest BCUT2D eigenvalue weighted by Gasteiger charge is -2.27. The number of aryl methyl sites for hydroxylation is 2. The van der Waals surface area contributed by atoms with E-state index in [1.54, 1.807) is 0 Å². The van der Waals surface area contributed by atoms with E-state index in [1.165, 1.54) is 23.0 Å². The van der Waals surface area contributed by atoms with Crippen molar-refractivity contribution >= 4 is 5.97 Å². The fourth-order valence-corrected chi connectivity index (χ4v) is 2.52. The van der Waals surface area contributed by atoms with Gasteiger partial charge < -0.3 is 9.52 Å². The van der Waals surface area contributed by atoms with Crippen molar-refractivity contribution in [3.63, 3.8) is 0 Å². The van der Waals surface area contributed by atoms with Crippen molar-refractivity contribution in [3.8, 4) is 0 Å². The lowest BCUT2D eigenvalue weighted by molar-refractivity contribution is 0.0690. The van der Waals surface area contributed by atoms with Crippen LogP contribution in [0.1, 0.15) is 53.3 Å². The van der Waals surface area contributed by atoms with Gasteiger partial charge in [0.25, 0.3) is 0 Å². The van der Waals surface area contributed by atoms with Gasteiger partial charge in [-0.15, -0.1) is 0 Å². The molecule has 124 valence electrons. The van der Waals surface area contributed by atoms with Crippen molar-refractivity contribution in [3.05, 3.63) is 52.7 Å². The highest BCUT2D eigenvalue weighted by atomic mass is 16.4. The second kappa shape index (κ2) is 7.42. The van der Waals surface area contributed by atoms with E-state index < -0.39 is 5.97 Å². The van der Waals surface area contributed by atoms with Gasteiger partial charge in [-0.3, -0.25) is 4.90 Å². The molecule has 0 aliphatic rings. The van der Waals surface area contributed by atoms with Crippen LogP contribution < -0.4 is 0 Å². The van der Waals surface area contributed by atoms with Gasteiger partial charge in [0.15, 0.2) is 5.69 Å². The minimum atomic E-state index is -1.07. The van der Waals surface area contributed by atoms with Crippen molar-refractivity contribution in [2.45, 2.75) is 53.2 Å². The highest BCUT2D eigenvalue weighted by molar-refractivity contribution is 5.84. The third kappa shape index (κ3) is 4.42. The van der Waals surface area contributed by atoms with E-state index in [2.05, 4.69) is 55.8 Å². The summed E-state index contributed by atoms with van der Waals surface area (Å²) in [5, 5.41) is 8.95. The summed E-state index contributed by atoms with van der Waals surface area (Å²) in [6.45, 7) is 9.78. The molecule has 0 radical (unpaired) electrons. The van der Waals surface area contributed by atoms with Crippen LogP contribution in [0.3, 0.4) is 0 Å². The van der Waals surface area contributed by atoms with Crippen LogP contribution in [0.4, 0.5) is 0 Å². The number of carboxylic acids is 1. The maximum Gasteiger partial charge on any atom is 0.357 e. The Morgan fingerprint density at radius 2 is 2.09 bits per heavy atom. The monoisotopic (exact) mass is 316 g/mol. The molecule has 0 saturated heterocycles. The van der Waals surface area contributed by atoms with Crippen LogP contribution in [0.15, 0.2) is 28.9 Å². The molecule has 1 aromatic carbocycles. The van der Waals surface area contributed by atoms with E-state index in [4.69, 9.17) is 9.52 Å². The highest BCUT2D eigenvalue weighted by Gasteiger charge is 2.18. The van der Waals surface area contributed by atoms with Gasteiger partial charge in [0.2, 0.25) is 5.89 Å². The zero-order valence-electron chi connectivity index (χ0n) is 14.2. The molecule has 0 bridgehead atoms. The van der Waals surface area contributed by atoms with Gasteiger partial charge in [0.1, 0.15) is 6.26 Å². The van der Waals surface area contributed by atoms with E-state index in [0.717, 1.165) is 13.0 Å². The first kappa shape index (κ1) is 17.2. The minimum absolute atomic E-state index is 0.0457. The molecule has 1 unspecified atom stereocenters. The zero-order chi connectivity index (χ0) is 17.0. The molecule has 0 spiro atoms. The van der Waals surface area contributed by atoms with E-state index in [-0.39, 0.29) is 5.69 Å². The third-order valence-corrected chi connectivity index (χ3v) is 4.19. The van der Waals surface area contributed by atoms with Gasteiger partial charge in [-0.2, -0.15) is 0 Å². The Labute approximate surface area is 137 Å². The molecule has 1 N–H and O–H groups in total. The second-order valence-corrected chi connectivity index (χ2v) is 6.02. The Balaban J connectivity index is 2.17. The summed E-state index contributed by atoms with van der Waals surface area (Å²) in [5.74, 6) is -0.628. The zero-order valence-corrected chi connectivity index (χ0v) is 14.2. The van der Waals surface area contributed by atoms with Crippen LogP contribution in [-0.4, -0.2) is 27.0 Å². The van der Waals surface area contributed by atoms with E-state index in [9.17, 15) is 4.79 Å². The largest absolute Gasteiger partial charge is 0.476 e. The first-order valence-corrected chi connectivity index (χ1v) is 7.88. The SMILES string of the molecule is CCC(C)N(Cc1nc(C(=O)O)co1)Cc1ccc(C)cc1C. The lowest BCUT2D eigenvalue weighted by Crippen LogP contribution is -2.32.